The Labute approximate surface area is 372 Å². The van der Waals surface area contributed by atoms with Gasteiger partial charge in [-0.15, -0.1) is 0 Å². The van der Waals surface area contributed by atoms with Crippen molar-refractivity contribution in [1.29, 1.82) is 0 Å². The van der Waals surface area contributed by atoms with Gasteiger partial charge in [-0.3, -0.25) is 4.98 Å². The number of anilines is 2. The van der Waals surface area contributed by atoms with Crippen molar-refractivity contribution >= 4 is 32.9 Å². The molecule has 1 aliphatic rings. The van der Waals surface area contributed by atoms with Crippen LogP contribution in [0.5, 0.6) is 0 Å². The van der Waals surface area contributed by atoms with Crippen molar-refractivity contribution in [2.75, 3.05) is 4.90 Å². The third-order valence-corrected chi connectivity index (χ3v) is 12.4. The fourth-order valence-electron chi connectivity index (χ4n) is 9.83. The predicted molar refractivity (Wildman–Crippen MR) is 267 cm³/mol. The summed E-state index contributed by atoms with van der Waals surface area (Å²) >= 11 is 0. The van der Waals surface area contributed by atoms with Crippen LogP contribution < -0.4 is 4.90 Å². The molecule has 0 atom stereocenters. The van der Waals surface area contributed by atoms with Crippen molar-refractivity contribution in [2.45, 2.75) is 65.5 Å². The Morgan fingerprint density at radius 3 is 1.51 bits per heavy atom. The normalized spacial score (nSPS) is 13.1. The minimum Gasteiger partial charge on any atom is -0.335 e. The van der Waals surface area contributed by atoms with Gasteiger partial charge < -0.3 is 14.0 Å². The van der Waals surface area contributed by atoms with Crippen LogP contribution in [0, 0.1) is 0 Å². The molecule has 0 bridgehead atoms. The number of allylic oxidation sites excluding steroid dienone is 4. The number of hydrogen-bond acceptors (Lipinski definition) is 2. The zero-order chi connectivity index (χ0) is 43.3. The molecule has 0 saturated carbocycles. The highest BCUT2D eigenvalue weighted by Crippen LogP contribution is 2.49. The zero-order valence-corrected chi connectivity index (χ0v) is 37.2. The fourth-order valence-corrected chi connectivity index (χ4v) is 9.83. The molecule has 3 heterocycles. The van der Waals surface area contributed by atoms with Gasteiger partial charge in [0.1, 0.15) is 0 Å². The van der Waals surface area contributed by atoms with Gasteiger partial charge in [-0.1, -0.05) is 121 Å². The molecule has 0 radical (unpaired) electrons. The molecule has 10 rings (SSSR count). The Balaban J connectivity index is 1.24. The fraction of sp³-hybridized carbons (Fsp3) is 0.169. The molecule has 0 unspecified atom stereocenters. The van der Waals surface area contributed by atoms with Crippen LogP contribution in [-0.4, -0.2) is 14.1 Å². The summed E-state index contributed by atoms with van der Waals surface area (Å²) < 4.78 is 5.10. The lowest BCUT2D eigenvalue weighted by molar-refractivity contribution is 0.407. The molecular formula is C59H54N4. The van der Waals surface area contributed by atoms with E-state index in [1.165, 1.54) is 83.4 Å². The van der Waals surface area contributed by atoms with Crippen molar-refractivity contribution in [3.8, 4) is 56.2 Å². The first-order valence-corrected chi connectivity index (χ1v) is 22.3. The van der Waals surface area contributed by atoms with E-state index in [9.17, 15) is 0 Å². The van der Waals surface area contributed by atoms with Crippen LogP contribution in [0.4, 0.5) is 11.4 Å². The van der Waals surface area contributed by atoms with E-state index in [0.717, 1.165) is 24.2 Å². The Morgan fingerprint density at radius 1 is 0.460 bits per heavy atom. The summed E-state index contributed by atoms with van der Waals surface area (Å²) in [5, 5.41) is 4.94. The minimum absolute atomic E-state index is 0.197. The molecule has 4 nitrogen and oxygen atoms in total. The monoisotopic (exact) mass is 818 g/mol. The molecule has 0 fully saturated rings. The average Bonchev–Trinajstić information content (AvgIpc) is 3.96. The van der Waals surface area contributed by atoms with Gasteiger partial charge in [0.2, 0.25) is 0 Å². The Hall–Kier alpha value is -7.17. The standard InChI is InChI=1S/C59H54N4/c1-58(2,3)62-52(42-19-10-7-11-20-42)34-36-54(62)56-48-26-16-17-27-49(48)57(55-37-35-53(63(55)59(4,5)6)43-21-12-8-13-22-43)51-39-44(30-33-50(51)56)41-28-31-46(32-29-41)61(45-23-14-9-15-24-45)47-25-18-38-60-40-47/h7-14,16-23,25-40H,15,24H2,1-6H3. The molecule has 4 heteroatoms. The van der Waals surface area contributed by atoms with Crippen LogP contribution >= 0.6 is 0 Å². The predicted octanol–water partition coefficient (Wildman–Crippen LogP) is 16.2. The molecule has 0 spiro atoms. The second-order valence-electron chi connectivity index (χ2n) is 18.7. The lowest BCUT2D eigenvalue weighted by Crippen LogP contribution is -2.24. The Morgan fingerprint density at radius 2 is 0.984 bits per heavy atom. The van der Waals surface area contributed by atoms with Gasteiger partial charge in [-0.05, 0) is 159 Å². The maximum atomic E-state index is 4.49. The van der Waals surface area contributed by atoms with E-state index in [4.69, 9.17) is 0 Å². The van der Waals surface area contributed by atoms with E-state index < -0.39 is 0 Å². The molecule has 3 aromatic heterocycles. The van der Waals surface area contributed by atoms with Gasteiger partial charge in [0.25, 0.3) is 0 Å². The molecule has 0 N–H and O–H groups in total. The average molecular weight is 819 g/mol. The van der Waals surface area contributed by atoms with Crippen molar-refractivity contribution in [3.63, 3.8) is 0 Å². The van der Waals surface area contributed by atoms with Crippen LogP contribution in [0.25, 0.3) is 77.7 Å². The first kappa shape index (κ1) is 39.9. The molecular weight excluding hydrogens is 765 g/mol. The van der Waals surface area contributed by atoms with Gasteiger partial charge in [0.05, 0.1) is 23.3 Å². The first-order valence-electron chi connectivity index (χ1n) is 22.3. The summed E-state index contributed by atoms with van der Waals surface area (Å²) in [4.78, 5) is 6.83. The highest BCUT2D eigenvalue weighted by molar-refractivity contribution is 6.21. The van der Waals surface area contributed by atoms with Crippen LogP contribution in [0.3, 0.4) is 0 Å². The van der Waals surface area contributed by atoms with Gasteiger partial charge in [0.15, 0.2) is 0 Å². The highest BCUT2D eigenvalue weighted by Gasteiger charge is 2.29. The van der Waals surface area contributed by atoms with E-state index in [1.807, 2.05) is 18.5 Å². The number of aromatic nitrogens is 3. The summed E-state index contributed by atoms with van der Waals surface area (Å²) in [5.74, 6) is 0. The summed E-state index contributed by atoms with van der Waals surface area (Å²) in [7, 11) is 0. The van der Waals surface area contributed by atoms with Gasteiger partial charge >= 0.3 is 0 Å². The van der Waals surface area contributed by atoms with Gasteiger partial charge in [-0.2, -0.15) is 0 Å². The summed E-state index contributed by atoms with van der Waals surface area (Å²) in [6.45, 7) is 13.9. The first-order chi connectivity index (χ1) is 30.6. The van der Waals surface area contributed by atoms with Crippen LogP contribution in [0.2, 0.25) is 0 Å². The lowest BCUT2D eigenvalue weighted by Gasteiger charge is -2.30. The molecule has 63 heavy (non-hydrogen) atoms. The van der Waals surface area contributed by atoms with Crippen molar-refractivity contribution in [3.05, 3.63) is 200 Å². The van der Waals surface area contributed by atoms with Crippen molar-refractivity contribution in [1.82, 2.24) is 14.1 Å². The number of fused-ring (bicyclic) bond motifs is 2. The Bertz CT molecular complexity index is 3150. The number of benzene rings is 6. The highest BCUT2D eigenvalue weighted by atomic mass is 15.2. The molecule has 9 aromatic rings. The minimum atomic E-state index is -0.210. The van der Waals surface area contributed by atoms with Crippen molar-refractivity contribution in [2.24, 2.45) is 0 Å². The molecule has 0 saturated heterocycles. The summed E-state index contributed by atoms with van der Waals surface area (Å²) in [5.41, 5.74) is 15.2. The summed E-state index contributed by atoms with van der Waals surface area (Å²) in [6.07, 6.45) is 12.4. The largest absolute Gasteiger partial charge is 0.335 e. The second kappa shape index (κ2) is 15.9. The van der Waals surface area contributed by atoms with Crippen LogP contribution in [0.15, 0.2) is 200 Å². The van der Waals surface area contributed by atoms with E-state index in [1.54, 1.807) is 0 Å². The molecule has 1 aliphatic carbocycles. The molecule has 310 valence electrons. The van der Waals surface area contributed by atoms with Crippen LogP contribution in [-0.2, 0) is 11.1 Å². The Kier molecular flexibility index (Phi) is 10.1. The number of nitrogens with zero attached hydrogens (tertiary/aromatic N) is 4. The quantitative estimate of drug-likeness (QED) is 0.143. The maximum absolute atomic E-state index is 4.49. The van der Waals surface area contributed by atoms with Crippen molar-refractivity contribution < 1.29 is 0 Å². The number of hydrogen-bond donors (Lipinski definition) is 0. The molecule has 0 aliphatic heterocycles. The molecule has 6 aromatic carbocycles. The van der Waals surface area contributed by atoms with E-state index >= 15 is 0 Å². The lowest BCUT2D eigenvalue weighted by atomic mass is 9.86. The third-order valence-electron chi connectivity index (χ3n) is 12.4. The maximum Gasteiger partial charge on any atom is 0.0641 e. The number of pyridine rings is 1. The topological polar surface area (TPSA) is 26.0 Å². The smallest absolute Gasteiger partial charge is 0.0641 e. The van der Waals surface area contributed by atoms with Gasteiger partial charge in [0, 0.05) is 51.2 Å². The van der Waals surface area contributed by atoms with E-state index in [0.29, 0.717) is 0 Å². The van der Waals surface area contributed by atoms with Gasteiger partial charge in [-0.25, -0.2) is 0 Å². The third kappa shape index (κ3) is 7.30. The second-order valence-corrected chi connectivity index (χ2v) is 18.7. The summed E-state index contributed by atoms with van der Waals surface area (Å²) in [6, 6.07) is 60.4. The van der Waals surface area contributed by atoms with E-state index in [-0.39, 0.29) is 11.1 Å². The number of rotatable bonds is 8. The zero-order valence-electron chi connectivity index (χ0n) is 37.2. The van der Waals surface area contributed by atoms with Crippen LogP contribution in [0.1, 0.15) is 54.4 Å². The SMILES string of the molecule is CC(C)(C)n1c(-c2ccccc2)ccc1-c1c2ccccc2c(-c2ccc(-c3ccccc3)n2C(C)(C)C)c2cc(-c3ccc(N(C4=CC=CCC4)c4cccnc4)cc3)ccc12. The van der Waals surface area contributed by atoms with E-state index in [2.05, 4.69) is 237 Å². The molecule has 0 amide bonds.